The van der Waals surface area contributed by atoms with Gasteiger partial charge in [-0.05, 0) is 56.0 Å². The van der Waals surface area contributed by atoms with Gasteiger partial charge in [0.2, 0.25) is 0 Å². The molecule has 1 N–H and O–H groups in total. The Labute approximate surface area is 127 Å². The van der Waals surface area contributed by atoms with Crippen molar-refractivity contribution in [1.82, 2.24) is 5.32 Å². The number of benzene rings is 1. The Morgan fingerprint density at radius 3 is 2.57 bits per heavy atom. The highest BCUT2D eigenvalue weighted by Gasteiger charge is 2.40. The lowest BCUT2D eigenvalue weighted by molar-refractivity contribution is 0.295. The molecule has 1 aromatic carbocycles. The van der Waals surface area contributed by atoms with E-state index in [0.717, 1.165) is 55.4 Å². The zero-order chi connectivity index (χ0) is 14.1. The number of para-hydroxylation sites is 1. The van der Waals surface area contributed by atoms with Crippen LogP contribution < -0.4 is 14.8 Å². The molecule has 0 aromatic heterocycles. The van der Waals surface area contributed by atoms with E-state index >= 15 is 0 Å². The summed E-state index contributed by atoms with van der Waals surface area (Å²) in [6.07, 6.45) is 6.80. The predicted molar refractivity (Wildman–Crippen MR) is 82.7 cm³/mol. The first kappa shape index (κ1) is 13.4. The summed E-state index contributed by atoms with van der Waals surface area (Å²) in [5, 5.41) is 3.68. The summed E-state index contributed by atoms with van der Waals surface area (Å²) >= 11 is 0. The molecule has 0 bridgehead atoms. The summed E-state index contributed by atoms with van der Waals surface area (Å²) in [7, 11) is 0. The van der Waals surface area contributed by atoms with E-state index in [0.29, 0.717) is 0 Å². The molecule has 1 heterocycles. The van der Waals surface area contributed by atoms with Gasteiger partial charge >= 0.3 is 0 Å². The maximum atomic E-state index is 5.89. The Hall–Kier alpha value is -1.22. The van der Waals surface area contributed by atoms with E-state index in [1.54, 1.807) is 0 Å². The molecule has 0 unspecified atom stereocenters. The molecule has 2 aliphatic carbocycles. The van der Waals surface area contributed by atoms with Gasteiger partial charge in [-0.25, -0.2) is 0 Å². The normalized spacial score (nSPS) is 21.4. The molecule has 1 aliphatic heterocycles. The maximum absolute atomic E-state index is 5.89. The topological polar surface area (TPSA) is 30.5 Å². The van der Waals surface area contributed by atoms with Gasteiger partial charge in [-0.3, -0.25) is 0 Å². The van der Waals surface area contributed by atoms with Crippen LogP contribution in [-0.2, 0) is 6.54 Å². The lowest BCUT2D eigenvalue weighted by Gasteiger charge is -2.17. The van der Waals surface area contributed by atoms with Crippen LogP contribution in [0.25, 0.3) is 0 Å². The van der Waals surface area contributed by atoms with Crippen LogP contribution >= 0.6 is 0 Å². The number of rotatable bonds is 6. The third-order valence-corrected chi connectivity index (χ3v) is 5.00. The van der Waals surface area contributed by atoms with Crippen molar-refractivity contribution >= 4 is 0 Å². The molecule has 3 heteroatoms. The smallest absolute Gasteiger partial charge is 0.165 e. The standard InChI is InChI=1S/C18H25NO2/c1-3-15(18-17(4-1)20-9-2-10-21-18)11-19-12-16(13-5-6-13)14-7-8-14/h1,3-4,13-14,16,19H,2,5-12H2. The van der Waals surface area contributed by atoms with E-state index in [9.17, 15) is 0 Å². The van der Waals surface area contributed by atoms with Gasteiger partial charge in [-0.15, -0.1) is 0 Å². The van der Waals surface area contributed by atoms with E-state index in [4.69, 9.17) is 9.47 Å². The molecule has 1 aromatic rings. The Balaban J connectivity index is 1.38. The van der Waals surface area contributed by atoms with E-state index in [1.165, 1.54) is 37.8 Å². The van der Waals surface area contributed by atoms with Crippen LogP contribution in [0.3, 0.4) is 0 Å². The molecular weight excluding hydrogens is 262 g/mol. The first-order valence-corrected chi connectivity index (χ1v) is 8.50. The second-order valence-corrected chi connectivity index (χ2v) is 6.76. The van der Waals surface area contributed by atoms with E-state index < -0.39 is 0 Å². The van der Waals surface area contributed by atoms with Crippen LogP contribution in [0.5, 0.6) is 11.5 Å². The number of fused-ring (bicyclic) bond motifs is 1. The van der Waals surface area contributed by atoms with Crippen molar-refractivity contribution in [3.63, 3.8) is 0 Å². The fraction of sp³-hybridized carbons (Fsp3) is 0.667. The number of nitrogens with one attached hydrogen (secondary N) is 1. The Morgan fingerprint density at radius 1 is 1.05 bits per heavy atom. The molecule has 2 fully saturated rings. The minimum Gasteiger partial charge on any atom is -0.490 e. The van der Waals surface area contributed by atoms with Crippen LogP contribution in [0, 0.1) is 17.8 Å². The molecular formula is C18H25NO2. The molecule has 0 saturated heterocycles. The first-order chi connectivity index (χ1) is 10.4. The molecule has 3 aliphatic rings. The largest absolute Gasteiger partial charge is 0.490 e. The lowest BCUT2D eigenvalue weighted by Crippen LogP contribution is -2.25. The Bertz CT molecular complexity index is 482. The molecule has 0 radical (unpaired) electrons. The average Bonchev–Trinajstić information content (AvgIpc) is 3.39. The third-order valence-electron chi connectivity index (χ3n) is 5.00. The van der Waals surface area contributed by atoms with Crippen molar-refractivity contribution in [2.75, 3.05) is 19.8 Å². The highest BCUT2D eigenvalue weighted by Crippen LogP contribution is 2.48. The van der Waals surface area contributed by atoms with Gasteiger partial charge in [0.15, 0.2) is 11.5 Å². The van der Waals surface area contributed by atoms with Crippen molar-refractivity contribution in [1.29, 1.82) is 0 Å². The highest BCUT2D eigenvalue weighted by atomic mass is 16.5. The average molecular weight is 287 g/mol. The zero-order valence-corrected chi connectivity index (χ0v) is 12.6. The second kappa shape index (κ2) is 5.88. The number of ether oxygens (including phenoxy) is 2. The van der Waals surface area contributed by atoms with Gasteiger partial charge in [0.05, 0.1) is 13.2 Å². The second-order valence-electron chi connectivity index (χ2n) is 6.76. The van der Waals surface area contributed by atoms with Crippen molar-refractivity contribution < 1.29 is 9.47 Å². The zero-order valence-electron chi connectivity index (χ0n) is 12.6. The van der Waals surface area contributed by atoms with Gasteiger partial charge in [0.1, 0.15) is 0 Å². The van der Waals surface area contributed by atoms with E-state index in [2.05, 4.69) is 17.4 Å². The van der Waals surface area contributed by atoms with Crippen LogP contribution in [0.15, 0.2) is 18.2 Å². The molecule has 114 valence electrons. The Morgan fingerprint density at radius 2 is 1.81 bits per heavy atom. The fourth-order valence-electron chi connectivity index (χ4n) is 3.53. The quantitative estimate of drug-likeness (QED) is 0.870. The molecule has 0 atom stereocenters. The molecule has 3 nitrogen and oxygen atoms in total. The molecule has 2 saturated carbocycles. The van der Waals surface area contributed by atoms with Crippen molar-refractivity contribution in [3.05, 3.63) is 23.8 Å². The molecule has 0 amide bonds. The van der Waals surface area contributed by atoms with E-state index in [-0.39, 0.29) is 0 Å². The van der Waals surface area contributed by atoms with Crippen LogP contribution in [-0.4, -0.2) is 19.8 Å². The van der Waals surface area contributed by atoms with Crippen molar-refractivity contribution in [2.24, 2.45) is 17.8 Å². The van der Waals surface area contributed by atoms with Gasteiger partial charge in [-0.2, -0.15) is 0 Å². The van der Waals surface area contributed by atoms with Gasteiger partial charge < -0.3 is 14.8 Å². The summed E-state index contributed by atoms with van der Waals surface area (Å²) in [5.41, 5.74) is 1.24. The SMILES string of the molecule is c1cc(CNCC(C2CC2)C2CC2)c2c(c1)OCCCO2. The molecule has 21 heavy (non-hydrogen) atoms. The highest BCUT2D eigenvalue weighted by molar-refractivity contribution is 5.47. The van der Waals surface area contributed by atoms with Crippen molar-refractivity contribution in [2.45, 2.75) is 38.6 Å². The Kier molecular flexibility index (Phi) is 3.76. The predicted octanol–water partition coefficient (Wildman–Crippen LogP) is 3.37. The van der Waals surface area contributed by atoms with Gasteiger partial charge in [-0.1, -0.05) is 12.1 Å². The molecule has 4 rings (SSSR count). The van der Waals surface area contributed by atoms with E-state index in [1.807, 2.05) is 6.07 Å². The number of hydrogen-bond acceptors (Lipinski definition) is 3. The third kappa shape index (κ3) is 3.18. The summed E-state index contributed by atoms with van der Waals surface area (Å²) in [6.45, 7) is 3.58. The van der Waals surface area contributed by atoms with Crippen LogP contribution in [0.1, 0.15) is 37.7 Å². The summed E-state index contributed by atoms with van der Waals surface area (Å²) in [4.78, 5) is 0. The van der Waals surface area contributed by atoms with Crippen LogP contribution in [0.2, 0.25) is 0 Å². The lowest BCUT2D eigenvalue weighted by atomic mass is 9.98. The monoisotopic (exact) mass is 287 g/mol. The number of hydrogen-bond donors (Lipinski definition) is 1. The summed E-state index contributed by atoms with van der Waals surface area (Å²) in [5.74, 6) is 4.81. The van der Waals surface area contributed by atoms with Gasteiger partial charge in [0.25, 0.3) is 0 Å². The first-order valence-electron chi connectivity index (χ1n) is 8.50. The minimum atomic E-state index is 0.759. The van der Waals surface area contributed by atoms with Crippen molar-refractivity contribution in [3.8, 4) is 11.5 Å². The van der Waals surface area contributed by atoms with Gasteiger partial charge in [0, 0.05) is 18.5 Å². The minimum absolute atomic E-state index is 0.759. The fourth-order valence-corrected chi connectivity index (χ4v) is 3.53. The maximum Gasteiger partial charge on any atom is 0.165 e. The van der Waals surface area contributed by atoms with Crippen LogP contribution in [0.4, 0.5) is 0 Å². The summed E-state index contributed by atoms with van der Waals surface area (Å²) in [6, 6.07) is 6.24. The molecule has 0 spiro atoms. The summed E-state index contributed by atoms with van der Waals surface area (Å²) < 4.78 is 11.7.